The van der Waals surface area contributed by atoms with Gasteiger partial charge in [0.1, 0.15) is 28.7 Å². The van der Waals surface area contributed by atoms with Crippen molar-refractivity contribution in [3.8, 4) is 23.0 Å². The van der Waals surface area contributed by atoms with E-state index < -0.39 is 5.97 Å². The number of hydrogen-bond acceptors (Lipinski definition) is 6. The number of nitrogens with zero attached hydrogens (tertiary/aromatic N) is 1. The minimum atomic E-state index is -0.533. The van der Waals surface area contributed by atoms with Gasteiger partial charge in [-0.25, -0.2) is 4.79 Å². The van der Waals surface area contributed by atoms with Crippen LogP contribution in [0.4, 0.5) is 5.69 Å². The Labute approximate surface area is 187 Å². The van der Waals surface area contributed by atoms with Crippen LogP contribution in [0.1, 0.15) is 48.5 Å². The van der Waals surface area contributed by atoms with Gasteiger partial charge in [0.05, 0.1) is 12.2 Å². The zero-order chi connectivity index (χ0) is 22.8. The average molecular weight is 434 g/mol. The van der Waals surface area contributed by atoms with Gasteiger partial charge in [-0.15, -0.1) is 0 Å². The van der Waals surface area contributed by atoms with E-state index in [1.807, 2.05) is 0 Å². The Bertz CT molecular complexity index is 1060. The van der Waals surface area contributed by atoms with E-state index in [1.165, 1.54) is 31.2 Å². The third kappa shape index (κ3) is 6.60. The van der Waals surface area contributed by atoms with Gasteiger partial charge in [0.25, 0.3) is 0 Å². The molecular weight excluding hydrogens is 406 g/mol. The maximum atomic E-state index is 12.4. The Morgan fingerprint density at radius 2 is 1.66 bits per heavy atom. The Balaban J connectivity index is 1.57. The Morgan fingerprint density at radius 1 is 0.906 bits per heavy atom. The molecule has 0 saturated carbocycles. The molecule has 3 rings (SSSR count). The Morgan fingerprint density at radius 3 is 2.38 bits per heavy atom. The molecule has 0 aliphatic heterocycles. The van der Waals surface area contributed by atoms with Crippen molar-refractivity contribution in [1.82, 2.24) is 0 Å². The lowest BCUT2D eigenvalue weighted by molar-refractivity contribution is 0.0734. The average Bonchev–Trinajstić information content (AvgIpc) is 2.80. The number of aromatic hydroxyl groups is 2. The highest BCUT2D eigenvalue weighted by atomic mass is 16.5. The lowest BCUT2D eigenvalue weighted by Gasteiger charge is -2.08. The molecule has 6 heteroatoms. The number of esters is 1. The molecule has 2 N–H and O–H groups in total. The minimum Gasteiger partial charge on any atom is -0.507 e. The molecule has 0 amide bonds. The van der Waals surface area contributed by atoms with Gasteiger partial charge in [0.2, 0.25) is 0 Å². The van der Waals surface area contributed by atoms with Gasteiger partial charge in [-0.2, -0.15) is 0 Å². The van der Waals surface area contributed by atoms with Crippen molar-refractivity contribution < 1.29 is 24.5 Å². The van der Waals surface area contributed by atoms with Crippen molar-refractivity contribution in [2.75, 3.05) is 6.61 Å². The molecular formula is C26H27NO5. The van der Waals surface area contributed by atoms with E-state index in [0.29, 0.717) is 29.2 Å². The minimum absolute atomic E-state index is 0.0432. The molecule has 0 unspecified atom stereocenters. The standard InChI is InChI=1S/C26H27NO5/c1-2-3-4-7-16-31-21-13-10-19(11-14-21)26(30)32-22-15-12-20(25(29)17-22)18-27-23-8-5-6-9-24(23)28/h5-6,8-15,17-18,28-29H,2-4,7,16H2,1H3. The predicted molar refractivity (Wildman–Crippen MR) is 125 cm³/mol. The van der Waals surface area contributed by atoms with E-state index in [-0.39, 0.29) is 17.2 Å². The highest BCUT2D eigenvalue weighted by Crippen LogP contribution is 2.27. The van der Waals surface area contributed by atoms with E-state index in [4.69, 9.17) is 9.47 Å². The molecule has 0 aliphatic rings. The summed E-state index contributed by atoms with van der Waals surface area (Å²) in [5.41, 5.74) is 1.19. The second kappa shape index (κ2) is 11.6. The zero-order valence-electron chi connectivity index (χ0n) is 18.0. The van der Waals surface area contributed by atoms with Crippen molar-refractivity contribution in [3.05, 3.63) is 77.9 Å². The molecule has 0 aliphatic carbocycles. The van der Waals surface area contributed by atoms with E-state index >= 15 is 0 Å². The molecule has 0 saturated heterocycles. The van der Waals surface area contributed by atoms with Crippen molar-refractivity contribution in [2.24, 2.45) is 4.99 Å². The second-order valence-electron chi connectivity index (χ2n) is 7.29. The summed E-state index contributed by atoms with van der Waals surface area (Å²) in [6.07, 6.45) is 5.97. The largest absolute Gasteiger partial charge is 0.507 e. The number of aliphatic imine (C=N–C) groups is 1. The van der Waals surface area contributed by atoms with Crippen LogP contribution in [0.15, 0.2) is 71.7 Å². The zero-order valence-corrected chi connectivity index (χ0v) is 18.0. The number of phenols is 2. The van der Waals surface area contributed by atoms with Crippen molar-refractivity contribution in [1.29, 1.82) is 0 Å². The summed E-state index contributed by atoms with van der Waals surface area (Å²) in [4.78, 5) is 16.6. The number of rotatable bonds is 10. The Kier molecular flexibility index (Phi) is 8.26. The fourth-order valence-electron chi connectivity index (χ4n) is 2.98. The molecule has 0 radical (unpaired) electrons. The van der Waals surface area contributed by atoms with E-state index in [2.05, 4.69) is 11.9 Å². The first-order valence-corrected chi connectivity index (χ1v) is 10.7. The molecule has 166 valence electrons. The fourth-order valence-corrected chi connectivity index (χ4v) is 2.98. The van der Waals surface area contributed by atoms with Gasteiger partial charge in [-0.1, -0.05) is 38.3 Å². The number of unbranched alkanes of at least 4 members (excludes halogenated alkanes) is 3. The maximum Gasteiger partial charge on any atom is 0.343 e. The van der Waals surface area contributed by atoms with Crippen LogP contribution in [0.5, 0.6) is 23.0 Å². The van der Waals surface area contributed by atoms with Crippen LogP contribution in [0.25, 0.3) is 0 Å². The predicted octanol–water partition coefficient (Wildman–Crippen LogP) is 6.03. The molecule has 6 nitrogen and oxygen atoms in total. The molecule has 0 spiro atoms. The summed E-state index contributed by atoms with van der Waals surface area (Å²) in [5.74, 6) is 0.338. The lowest BCUT2D eigenvalue weighted by atomic mass is 10.2. The first-order valence-electron chi connectivity index (χ1n) is 10.7. The van der Waals surface area contributed by atoms with E-state index in [1.54, 1.807) is 54.6 Å². The van der Waals surface area contributed by atoms with Gasteiger partial charge in [-0.05, 0) is 55.0 Å². The lowest BCUT2D eigenvalue weighted by Crippen LogP contribution is -2.08. The summed E-state index contributed by atoms with van der Waals surface area (Å²) < 4.78 is 11.0. The number of carbonyl (C=O) groups is 1. The van der Waals surface area contributed by atoms with Crippen LogP contribution in [-0.2, 0) is 0 Å². The van der Waals surface area contributed by atoms with Crippen LogP contribution >= 0.6 is 0 Å². The number of para-hydroxylation sites is 2. The van der Waals surface area contributed by atoms with Gasteiger partial charge >= 0.3 is 5.97 Å². The molecule has 0 atom stereocenters. The van der Waals surface area contributed by atoms with Crippen LogP contribution in [-0.4, -0.2) is 29.0 Å². The number of ether oxygens (including phenoxy) is 2. The first-order chi connectivity index (χ1) is 15.6. The van der Waals surface area contributed by atoms with Crippen molar-refractivity contribution in [3.63, 3.8) is 0 Å². The molecule has 0 aromatic heterocycles. The highest BCUT2D eigenvalue weighted by molar-refractivity contribution is 5.91. The smallest absolute Gasteiger partial charge is 0.343 e. The third-order valence-electron chi connectivity index (χ3n) is 4.79. The van der Waals surface area contributed by atoms with E-state index in [9.17, 15) is 15.0 Å². The molecule has 0 heterocycles. The monoisotopic (exact) mass is 433 g/mol. The van der Waals surface area contributed by atoms with Crippen LogP contribution in [0.2, 0.25) is 0 Å². The van der Waals surface area contributed by atoms with Gasteiger partial charge < -0.3 is 19.7 Å². The quantitative estimate of drug-likeness (QED) is 0.176. The van der Waals surface area contributed by atoms with Gasteiger partial charge in [0.15, 0.2) is 0 Å². The molecule has 3 aromatic carbocycles. The normalized spacial score (nSPS) is 10.9. The number of phenolic OH excluding ortho intramolecular Hbond substituents is 2. The van der Waals surface area contributed by atoms with E-state index in [0.717, 1.165) is 12.8 Å². The summed E-state index contributed by atoms with van der Waals surface area (Å²) in [6.45, 7) is 2.82. The highest BCUT2D eigenvalue weighted by Gasteiger charge is 2.11. The second-order valence-corrected chi connectivity index (χ2v) is 7.29. The van der Waals surface area contributed by atoms with Crippen LogP contribution in [0, 0.1) is 0 Å². The number of hydrogen-bond donors (Lipinski definition) is 2. The van der Waals surface area contributed by atoms with Crippen molar-refractivity contribution >= 4 is 17.9 Å². The molecule has 3 aromatic rings. The van der Waals surface area contributed by atoms with Gasteiger partial charge in [0, 0.05) is 17.8 Å². The summed E-state index contributed by atoms with van der Waals surface area (Å²) in [7, 11) is 0. The van der Waals surface area contributed by atoms with Crippen molar-refractivity contribution in [2.45, 2.75) is 32.6 Å². The number of benzene rings is 3. The summed E-state index contributed by atoms with van der Waals surface area (Å²) in [5, 5.41) is 20.0. The topological polar surface area (TPSA) is 88.4 Å². The van der Waals surface area contributed by atoms with Gasteiger partial charge in [-0.3, -0.25) is 4.99 Å². The molecule has 0 fully saturated rings. The molecule has 32 heavy (non-hydrogen) atoms. The fraction of sp³-hybridized carbons (Fsp3) is 0.231. The Hall–Kier alpha value is -3.80. The SMILES string of the molecule is CCCCCCOc1ccc(C(=O)Oc2ccc(C=Nc3ccccc3O)c(O)c2)cc1. The summed E-state index contributed by atoms with van der Waals surface area (Å²) in [6, 6.07) is 17.9. The van der Waals surface area contributed by atoms with Crippen LogP contribution in [0.3, 0.4) is 0 Å². The molecule has 0 bridgehead atoms. The maximum absolute atomic E-state index is 12.4. The third-order valence-corrected chi connectivity index (χ3v) is 4.79. The van der Waals surface area contributed by atoms with Crippen LogP contribution < -0.4 is 9.47 Å². The summed E-state index contributed by atoms with van der Waals surface area (Å²) >= 11 is 0. The number of carbonyl (C=O) groups excluding carboxylic acids is 1. The first kappa shape index (κ1) is 22.9.